The lowest BCUT2D eigenvalue weighted by Crippen LogP contribution is -2.41. The molecule has 2 atom stereocenters. The maximum Gasteiger partial charge on any atom is 0.0482 e. The van der Waals surface area contributed by atoms with Crippen LogP contribution in [0, 0.1) is 0 Å². The van der Waals surface area contributed by atoms with Crippen LogP contribution in [0.5, 0.6) is 0 Å². The molecule has 0 spiro atoms. The molecule has 0 saturated carbocycles. The third-order valence-electron chi connectivity index (χ3n) is 4.05. The summed E-state index contributed by atoms with van der Waals surface area (Å²) in [5.41, 5.74) is 6.86. The first-order valence-electron chi connectivity index (χ1n) is 6.92. The van der Waals surface area contributed by atoms with Crippen molar-refractivity contribution in [3.8, 4) is 0 Å². The smallest absolute Gasteiger partial charge is 0.0482 e. The first-order valence-corrected chi connectivity index (χ1v) is 7.71. The van der Waals surface area contributed by atoms with E-state index in [-0.39, 0.29) is 6.04 Å². The summed E-state index contributed by atoms with van der Waals surface area (Å²) < 4.78 is 1.11. The average Bonchev–Trinajstić information content (AvgIpc) is 2.89. The zero-order chi connectivity index (χ0) is 13.9. The Labute approximate surface area is 127 Å². The lowest BCUT2D eigenvalue weighted by Gasteiger charge is -2.23. The molecule has 1 heterocycles. The van der Waals surface area contributed by atoms with E-state index in [0.29, 0.717) is 5.92 Å². The first kappa shape index (κ1) is 13.7. The van der Waals surface area contributed by atoms with E-state index in [0.717, 1.165) is 23.7 Å². The van der Waals surface area contributed by atoms with Gasteiger partial charge in [0.25, 0.3) is 0 Å². The van der Waals surface area contributed by atoms with E-state index in [2.05, 4.69) is 50.6 Å². The molecule has 3 nitrogen and oxygen atoms in total. The number of pyridine rings is 1. The molecule has 1 aliphatic rings. The predicted molar refractivity (Wildman–Crippen MR) is 84.3 cm³/mol. The Kier molecular flexibility index (Phi) is 4.15. The van der Waals surface area contributed by atoms with E-state index in [1.165, 1.54) is 16.8 Å². The molecule has 3 rings (SSSR count). The maximum absolute atomic E-state index is 5.81. The van der Waals surface area contributed by atoms with Crippen molar-refractivity contribution in [1.29, 1.82) is 0 Å². The lowest BCUT2D eigenvalue weighted by atomic mass is 9.92. The van der Waals surface area contributed by atoms with E-state index >= 15 is 0 Å². The Morgan fingerprint density at radius 2 is 2.25 bits per heavy atom. The van der Waals surface area contributed by atoms with E-state index in [1.54, 1.807) is 0 Å². The highest BCUT2D eigenvalue weighted by Gasteiger charge is 2.30. The zero-order valence-corrected chi connectivity index (χ0v) is 12.8. The molecule has 0 saturated heterocycles. The molecule has 1 aromatic heterocycles. The van der Waals surface area contributed by atoms with Crippen LogP contribution in [0.4, 0.5) is 0 Å². The third-order valence-corrected chi connectivity index (χ3v) is 4.54. The Bertz CT molecular complexity index is 600. The minimum Gasteiger partial charge on any atom is -0.271 e. The highest BCUT2D eigenvalue weighted by Crippen LogP contribution is 2.34. The number of nitrogens with one attached hydrogen (secondary N) is 1. The van der Waals surface area contributed by atoms with Crippen molar-refractivity contribution in [3.05, 3.63) is 63.9 Å². The summed E-state index contributed by atoms with van der Waals surface area (Å²) in [5.74, 6) is 6.20. The summed E-state index contributed by atoms with van der Waals surface area (Å²) in [6.45, 7) is 0. The number of aromatic nitrogens is 1. The SMILES string of the molecule is NNC(Cc1cccc(Br)c1)C1CCc2cccnc21. The van der Waals surface area contributed by atoms with Gasteiger partial charge in [0.15, 0.2) is 0 Å². The fraction of sp³-hybridized carbons (Fsp3) is 0.312. The van der Waals surface area contributed by atoms with Crippen LogP contribution in [0.1, 0.15) is 29.2 Å². The standard InChI is InChI=1S/C16H18BrN3/c17-13-5-1-3-11(9-13)10-15(20-18)14-7-6-12-4-2-8-19-16(12)14/h1-5,8-9,14-15,20H,6-7,10,18H2. The number of hydrogen-bond donors (Lipinski definition) is 2. The van der Waals surface area contributed by atoms with Crippen molar-refractivity contribution in [2.75, 3.05) is 0 Å². The van der Waals surface area contributed by atoms with Gasteiger partial charge in [0.1, 0.15) is 0 Å². The summed E-state index contributed by atoms with van der Waals surface area (Å²) in [7, 11) is 0. The largest absolute Gasteiger partial charge is 0.271 e. The molecule has 0 bridgehead atoms. The topological polar surface area (TPSA) is 50.9 Å². The Morgan fingerprint density at radius 1 is 1.35 bits per heavy atom. The number of rotatable bonds is 4. The van der Waals surface area contributed by atoms with Gasteiger partial charge in [0.05, 0.1) is 0 Å². The number of hydrazine groups is 1. The molecule has 20 heavy (non-hydrogen) atoms. The average molecular weight is 332 g/mol. The summed E-state index contributed by atoms with van der Waals surface area (Å²) >= 11 is 3.52. The Hall–Kier alpha value is -1.23. The second-order valence-electron chi connectivity index (χ2n) is 5.30. The van der Waals surface area contributed by atoms with Gasteiger partial charge >= 0.3 is 0 Å². The monoisotopic (exact) mass is 331 g/mol. The maximum atomic E-state index is 5.81. The number of nitrogens with zero attached hydrogens (tertiary/aromatic N) is 1. The second kappa shape index (κ2) is 6.04. The molecule has 2 aromatic rings. The van der Waals surface area contributed by atoms with Crippen molar-refractivity contribution in [2.45, 2.75) is 31.2 Å². The fourth-order valence-corrected chi connectivity index (χ4v) is 3.52. The predicted octanol–water partition coefficient (Wildman–Crippen LogP) is 2.95. The fourth-order valence-electron chi connectivity index (χ4n) is 3.07. The zero-order valence-electron chi connectivity index (χ0n) is 11.2. The minimum absolute atomic E-state index is 0.223. The van der Waals surface area contributed by atoms with E-state index in [9.17, 15) is 0 Å². The molecule has 104 valence electrons. The van der Waals surface area contributed by atoms with E-state index < -0.39 is 0 Å². The number of hydrogen-bond acceptors (Lipinski definition) is 3. The number of halogens is 1. The Morgan fingerprint density at radius 3 is 3.05 bits per heavy atom. The molecule has 0 fully saturated rings. The molecule has 4 heteroatoms. The number of aryl methyl sites for hydroxylation is 1. The highest BCUT2D eigenvalue weighted by atomic mass is 79.9. The van der Waals surface area contributed by atoms with Crippen molar-refractivity contribution in [2.24, 2.45) is 5.84 Å². The Balaban J connectivity index is 1.81. The summed E-state index contributed by atoms with van der Waals surface area (Å²) in [4.78, 5) is 4.56. The quantitative estimate of drug-likeness (QED) is 0.669. The third kappa shape index (κ3) is 2.77. The molecule has 3 N–H and O–H groups in total. The van der Waals surface area contributed by atoms with Crippen LogP contribution < -0.4 is 11.3 Å². The van der Waals surface area contributed by atoms with Gasteiger partial charge < -0.3 is 0 Å². The van der Waals surface area contributed by atoms with Crippen LogP contribution in [0.2, 0.25) is 0 Å². The van der Waals surface area contributed by atoms with Crippen LogP contribution in [0.15, 0.2) is 47.1 Å². The van der Waals surface area contributed by atoms with E-state index in [1.807, 2.05) is 18.3 Å². The minimum atomic E-state index is 0.223. The molecule has 2 unspecified atom stereocenters. The van der Waals surface area contributed by atoms with Gasteiger partial charge in [-0.3, -0.25) is 16.3 Å². The van der Waals surface area contributed by atoms with Gasteiger partial charge in [0.2, 0.25) is 0 Å². The van der Waals surface area contributed by atoms with Gasteiger partial charge in [-0.15, -0.1) is 0 Å². The summed E-state index contributed by atoms with van der Waals surface area (Å²) in [6, 6.07) is 12.8. The van der Waals surface area contributed by atoms with Crippen molar-refractivity contribution >= 4 is 15.9 Å². The molecule has 1 aromatic carbocycles. The van der Waals surface area contributed by atoms with Crippen molar-refractivity contribution in [1.82, 2.24) is 10.4 Å². The van der Waals surface area contributed by atoms with Crippen molar-refractivity contribution in [3.63, 3.8) is 0 Å². The molecule has 0 aliphatic heterocycles. The van der Waals surface area contributed by atoms with Crippen LogP contribution in [0.25, 0.3) is 0 Å². The van der Waals surface area contributed by atoms with Gasteiger partial charge in [-0.25, -0.2) is 0 Å². The van der Waals surface area contributed by atoms with Crippen LogP contribution in [-0.2, 0) is 12.8 Å². The normalized spacial score (nSPS) is 18.8. The molecule has 0 amide bonds. The summed E-state index contributed by atoms with van der Waals surface area (Å²) in [6.07, 6.45) is 5.01. The molecular weight excluding hydrogens is 314 g/mol. The molecular formula is C16H18BrN3. The number of benzene rings is 1. The van der Waals surface area contributed by atoms with Gasteiger partial charge in [-0.2, -0.15) is 0 Å². The second-order valence-corrected chi connectivity index (χ2v) is 6.22. The van der Waals surface area contributed by atoms with Crippen LogP contribution in [0.3, 0.4) is 0 Å². The molecule has 0 radical (unpaired) electrons. The highest BCUT2D eigenvalue weighted by molar-refractivity contribution is 9.10. The van der Waals surface area contributed by atoms with Gasteiger partial charge in [-0.05, 0) is 48.6 Å². The first-order chi connectivity index (χ1) is 9.78. The van der Waals surface area contributed by atoms with Gasteiger partial charge in [-0.1, -0.05) is 34.1 Å². The van der Waals surface area contributed by atoms with Crippen LogP contribution in [-0.4, -0.2) is 11.0 Å². The van der Waals surface area contributed by atoms with E-state index in [4.69, 9.17) is 5.84 Å². The summed E-state index contributed by atoms with van der Waals surface area (Å²) in [5, 5.41) is 0. The van der Waals surface area contributed by atoms with Crippen molar-refractivity contribution < 1.29 is 0 Å². The number of nitrogens with two attached hydrogens (primary N) is 1. The lowest BCUT2D eigenvalue weighted by molar-refractivity contribution is 0.429. The van der Waals surface area contributed by atoms with Crippen LogP contribution >= 0.6 is 15.9 Å². The van der Waals surface area contributed by atoms with Gasteiger partial charge in [0, 0.05) is 28.3 Å². The number of fused-ring (bicyclic) bond motifs is 1. The molecule has 1 aliphatic carbocycles.